The Labute approximate surface area is 95.1 Å². The van der Waals surface area contributed by atoms with Gasteiger partial charge in [0.25, 0.3) is 0 Å². The first-order valence-corrected chi connectivity index (χ1v) is 6.01. The summed E-state index contributed by atoms with van der Waals surface area (Å²) in [7, 11) is 0. The number of aryl methyl sites for hydroxylation is 1. The van der Waals surface area contributed by atoms with Crippen molar-refractivity contribution in [2.24, 2.45) is 11.8 Å². The van der Waals surface area contributed by atoms with Gasteiger partial charge in [0.1, 0.15) is 0 Å². The first kappa shape index (κ1) is 9.68. The molecule has 80 valence electrons. The van der Waals surface area contributed by atoms with Crippen LogP contribution >= 0.6 is 11.6 Å². The fourth-order valence-electron chi connectivity index (χ4n) is 3.19. The molecule has 0 aromatic heterocycles. The van der Waals surface area contributed by atoms with Crippen LogP contribution in [0.3, 0.4) is 0 Å². The van der Waals surface area contributed by atoms with Crippen molar-refractivity contribution in [2.45, 2.75) is 31.8 Å². The number of benzene rings is 1. The molecule has 0 saturated heterocycles. The molecule has 1 aromatic carbocycles. The molecule has 15 heavy (non-hydrogen) atoms. The maximum Gasteiger partial charge on any atom is 0.0960 e. The largest absolute Gasteiger partial charge is 0.385 e. The lowest BCUT2D eigenvalue weighted by atomic mass is 9.98. The summed E-state index contributed by atoms with van der Waals surface area (Å²) < 4.78 is 0. The van der Waals surface area contributed by atoms with Gasteiger partial charge in [-0.05, 0) is 48.8 Å². The summed E-state index contributed by atoms with van der Waals surface area (Å²) in [6.45, 7) is 1.99. The van der Waals surface area contributed by atoms with Crippen LogP contribution in [0.2, 0.25) is 5.02 Å². The molecule has 0 amide bonds. The van der Waals surface area contributed by atoms with E-state index in [1.54, 1.807) is 0 Å². The molecule has 0 spiro atoms. The SMILES string of the molecule is Cc1ccc(C2(O)C3CCCC32)cc1Cl. The van der Waals surface area contributed by atoms with Gasteiger partial charge in [0.2, 0.25) is 0 Å². The average molecular weight is 223 g/mol. The van der Waals surface area contributed by atoms with E-state index in [9.17, 15) is 5.11 Å². The number of hydrogen-bond donors (Lipinski definition) is 1. The standard InChI is InChI=1S/C13H15ClO/c1-8-5-6-9(7-12(8)14)13(15)10-3-2-4-11(10)13/h5-7,10-11,15H,2-4H2,1H3. The second kappa shape index (κ2) is 2.99. The number of halogens is 1. The smallest absolute Gasteiger partial charge is 0.0960 e. The number of rotatable bonds is 1. The van der Waals surface area contributed by atoms with Gasteiger partial charge in [-0.15, -0.1) is 0 Å². The number of aliphatic hydroxyl groups is 1. The molecular weight excluding hydrogens is 208 g/mol. The van der Waals surface area contributed by atoms with Gasteiger partial charge in [-0.1, -0.05) is 30.2 Å². The van der Waals surface area contributed by atoms with Gasteiger partial charge in [0, 0.05) is 5.02 Å². The van der Waals surface area contributed by atoms with Crippen molar-refractivity contribution in [2.75, 3.05) is 0 Å². The third-order valence-corrected chi connectivity index (χ3v) is 4.58. The lowest BCUT2D eigenvalue weighted by Gasteiger charge is -2.15. The molecule has 0 radical (unpaired) electrons. The highest BCUT2D eigenvalue weighted by atomic mass is 35.5. The molecule has 2 saturated carbocycles. The van der Waals surface area contributed by atoms with Crippen molar-refractivity contribution in [1.29, 1.82) is 0 Å². The van der Waals surface area contributed by atoms with Crippen LogP contribution in [0.15, 0.2) is 18.2 Å². The van der Waals surface area contributed by atoms with Crippen molar-refractivity contribution in [3.05, 3.63) is 34.3 Å². The fourth-order valence-corrected chi connectivity index (χ4v) is 3.37. The maximum atomic E-state index is 10.5. The lowest BCUT2D eigenvalue weighted by Crippen LogP contribution is -2.13. The van der Waals surface area contributed by atoms with Crippen molar-refractivity contribution in [1.82, 2.24) is 0 Å². The van der Waals surface area contributed by atoms with E-state index in [4.69, 9.17) is 11.6 Å². The number of hydrogen-bond acceptors (Lipinski definition) is 1. The second-order valence-corrected chi connectivity index (χ2v) is 5.34. The van der Waals surface area contributed by atoms with Crippen molar-refractivity contribution >= 4 is 11.6 Å². The zero-order chi connectivity index (χ0) is 10.6. The lowest BCUT2D eigenvalue weighted by molar-refractivity contribution is 0.105. The summed E-state index contributed by atoms with van der Waals surface area (Å²) in [4.78, 5) is 0. The van der Waals surface area contributed by atoms with E-state index in [0.29, 0.717) is 11.8 Å². The van der Waals surface area contributed by atoms with Gasteiger partial charge in [0.05, 0.1) is 5.60 Å². The molecule has 3 rings (SSSR count). The van der Waals surface area contributed by atoms with E-state index < -0.39 is 5.60 Å². The normalized spacial score (nSPS) is 37.8. The Kier molecular flexibility index (Phi) is 1.93. The Balaban J connectivity index is 1.97. The van der Waals surface area contributed by atoms with E-state index in [1.165, 1.54) is 19.3 Å². The Morgan fingerprint density at radius 2 is 2.00 bits per heavy atom. The topological polar surface area (TPSA) is 20.2 Å². The molecule has 2 aliphatic rings. The highest BCUT2D eigenvalue weighted by Crippen LogP contribution is 2.66. The molecule has 1 N–H and O–H groups in total. The third kappa shape index (κ3) is 1.20. The minimum Gasteiger partial charge on any atom is -0.385 e. The second-order valence-electron chi connectivity index (χ2n) is 4.93. The summed E-state index contributed by atoms with van der Waals surface area (Å²) in [6.07, 6.45) is 3.62. The fraction of sp³-hybridized carbons (Fsp3) is 0.538. The minimum atomic E-state index is -0.546. The highest BCUT2D eigenvalue weighted by Gasteiger charge is 2.66. The monoisotopic (exact) mass is 222 g/mol. The Bertz CT molecular complexity index is 403. The zero-order valence-electron chi connectivity index (χ0n) is 8.83. The molecular formula is C13H15ClO. The van der Waals surface area contributed by atoms with Crippen molar-refractivity contribution in [3.63, 3.8) is 0 Å². The predicted octanol–water partition coefficient (Wildman–Crippen LogP) is 3.27. The maximum absolute atomic E-state index is 10.5. The van der Waals surface area contributed by atoms with Crippen LogP contribution in [0.5, 0.6) is 0 Å². The minimum absolute atomic E-state index is 0.497. The Morgan fingerprint density at radius 1 is 1.33 bits per heavy atom. The Hall–Kier alpha value is -0.530. The summed E-state index contributed by atoms with van der Waals surface area (Å²) in [5.41, 5.74) is 1.55. The molecule has 2 atom stereocenters. The molecule has 1 nitrogen and oxygen atoms in total. The molecule has 2 fully saturated rings. The van der Waals surface area contributed by atoms with Gasteiger partial charge < -0.3 is 5.11 Å². The van der Waals surface area contributed by atoms with E-state index in [0.717, 1.165) is 16.1 Å². The Morgan fingerprint density at radius 3 is 2.60 bits per heavy atom. The summed E-state index contributed by atoms with van der Waals surface area (Å²) >= 11 is 6.09. The molecule has 2 heteroatoms. The van der Waals surface area contributed by atoms with Crippen LogP contribution in [0.25, 0.3) is 0 Å². The molecule has 2 unspecified atom stereocenters. The zero-order valence-corrected chi connectivity index (χ0v) is 9.59. The molecule has 0 bridgehead atoms. The summed E-state index contributed by atoms with van der Waals surface area (Å²) in [6, 6.07) is 5.97. The van der Waals surface area contributed by atoms with Gasteiger partial charge >= 0.3 is 0 Å². The van der Waals surface area contributed by atoms with Crippen LogP contribution in [0.4, 0.5) is 0 Å². The summed E-state index contributed by atoms with van der Waals surface area (Å²) in [5.74, 6) is 0.993. The molecule has 2 aliphatic carbocycles. The first-order chi connectivity index (χ1) is 7.14. The van der Waals surface area contributed by atoms with Crippen LogP contribution in [-0.4, -0.2) is 5.11 Å². The van der Waals surface area contributed by atoms with Crippen LogP contribution in [0, 0.1) is 18.8 Å². The van der Waals surface area contributed by atoms with Crippen LogP contribution in [-0.2, 0) is 5.60 Å². The van der Waals surface area contributed by atoms with Crippen molar-refractivity contribution < 1.29 is 5.11 Å². The van der Waals surface area contributed by atoms with Crippen molar-refractivity contribution in [3.8, 4) is 0 Å². The van der Waals surface area contributed by atoms with Gasteiger partial charge in [-0.3, -0.25) is 0 Å². The van der Waals surface area contributed by atoms with E-state index in [1.807, 2.05) is 25.1 Å². The molecule has 1 aromatic rings. The highest BCUT2D eigenvalue weighted by molar-refractivity contribution is 6.31. The van der Waals surface area contributed by atoms with Crippen LogP contribution < -0.4 is 0 Å². The van der Waals surface area contributed by atoms with Gasteiger partial charge in [-0.2, -0.15) is 0 Å². The van der Waals surface area contributed by atoms with Crippen LogP contribution in [0.1, 0.15) is 30.4 Å². The molecule has 0 heterocycles. The summed E-state index contributed by atoms with van der Waals surface area (Å²) in [5, 5.41) is 11.3. The average Bonchev–Trinajstić information content (AvgIpc) is 2.66. The number of fused-ring (bicyclic) bond motifs is 1. The van der Waals surface area contributed by atoms with E-state index in [-0.39, 0.29) is 0 Å². The predicted molar refractivity (Wildman–Crippen MR) is 60.9 cm³/mol. The van der Waals surface area contributed by atoms with E-state index in [2.05, 4.69) is 0 Å². The quantitative estimate of drug-likeness (QED) is 0.774. The van der Waals surface area contributed by atoms with E-state index >= 15 is 0 Å². The third-order valence-electron chi connectivity index (χ3n) is 4.17. The van der Waals surface area contributed by atoms with Gasteiger partial charge in [-0.25, -0.2) is 0 Å². The molecule has 0 aliphatic heterocycles. The van der Waals surface area contributed by atoms with Gasteiger partial charge in [0.15, 0.2) is 0 Å². The first-order valence-electron chi connectivity index (χ1n) is 5.63.